The summed E-state index contributed by atoms with van der Waals surface area (Å²) in [5.41, 5.74) is 7.93. The summed E-state index contributed by atoms with van der Waals surface area (Å²) in [5, 5.41) is 5.71. The highest BCUT2D eigenvalue weighted by Crippen LogP contribution is 2.17. The molecule has 2 unspecified atom stereocenters. The second-order valence-corrected chi connectivity index (χ2v) is 7.67. The number of nitrogens with one attached hydrogen (secondary N) is 2. The minimum atomic E-state index is -0.496. The molecule has 0 spiro atoms. The molecule has 3 amide bonds. The van der Waals surface area contributed by atoms with Crippen molar-refractivity contribution in [1.82, 2.24) is 15.5 Å². The summed E-state index contributed by atoms with van der Waals surface area (Å²) in [7, 11) is 0. The summed E-state index contributed by atoms with van der Waals surface area (Å²) in [6, 6.07) is 7.21. The number of rotatable bonds is 7. The standard InChI is InChI=1S/C20H32N4O2/c1-14(2)10-18(19(25)24-9-8-17(11-21)13-24)23-20(26)22-12-16-6-4-15(3)5-7-16/h4-7,14,17-18H,8-13,21H2,1-3H3,(H2,22,23,26). The average molecular weight is 361 g/mol. The Morgan fingerprint density at radius 1 is 1.27 bits per heavy atom. The van der Waals surface area contributed by atoms with E-state index in [0.717, 1.165) is 18.5 Å². The van der Waals surface area contributed by atoms with E-state index in [1.165, 1.54) is 5.56 Å². The van der Waals surface area contributed by atoms with Crippen LogP contribution in [0.25, 0.3) is 0 Å². The van der Waals surface area contributed by atoms with Gasteiger partial charge in [0.2, 0.25) is 5.91 Å². The van der Waals surface area contributed by atoms with E-state index < -0.39 is 6.04 Å². The maximum Gasteiger partial charge on any atom is 0.315 e. The Kier molecular flexibility index (Phi) is 7.45. The van der Waals surface area contributed by atoms with Gasteiger partial charge in [-0.1, -0.05) is 43.7 Å². The van der Waals surface area contributed by atoms with Crippen molar-refractivity contribution in [3.8, 4) is 0 Å². The van der Waals surface area contributed by atoms with Crippen molar-refractivity contribution < 1.29 is 9.59 Å². The summed E-state index contributed by atoms with van der Waals surface area (Å²) in [6.07, 6.45) is 1.57. The van der Waals surface area contributed by atoms with Crippen molar-refractivity contribution in [3.63, 3.8) is 0 Å². The zero-order chi connectivity index (χ0) is 19.1. The molecule has 0 aliphatic carbocycles. The van der Waals surface area contributed by atoms with E-state index in [-0.39, 0.29) is 11.9 Å². The number of hydrogen-bond acceptors (Lipinski definition) is 3. The highest BCUT2D eigenvalue weighted by atomic mass is 16.2. The number of urea groups is 1. The Hall–Kier alpha value is -2.08. The number of aryl methyl sites for hydroxylation is 1. The molecule has 1 heterocycles. The lowest BCUT2D eigenvalue weighted by atomic mass is 10.0. The molecule has 2 atom stereocenters. The second kappa shape index (κ2) is 9.57. The molecule has 1 fully saturated rings. The van der Waals surface area contributed by atoms with Crippen LogP contribution in [0.15, 0.2) is 24.3 Å². The normalized spacial score (nSPS) is 18.0. The van der Waals surface area contributed by atoms with Gasteiger partial charge < -0.3 is 21.3 Å². The number of nitrogens with zero attached hydrogens (tertiary/aromatic N) is 1. The van der Waals surface area contributed by atoms with Crippen molar-refractivity contribution in [2.24, 2.45) is 17.6 Å². The molecule has 1 aromatic carbocycles. The number of likely N-dealkylation sites (tertiary alicyclic amines) is 1. The van der Waals surface area contributed by atoms with Gasteiger partial charge in [-0.15, -0.1) is 0 Å². The molecule has 1 aliphatic heterocycles. The SMILES string of the molecule is Cc1ccc(CNC(=O)NC(CC(C)C)C(=O)N2CCC(CN)C2)cc1. The second-order valence-electron chi connectivity index (χ2n) is 7.67. The van der Waals surface area contributed by atoms with Crippen LogP contribution in [0.2, 0.25) is 0 Å². The van der Waals surface area contributed by atoms with Crippen LogP contribution in [0, 0.1) is 18.8 Å². The minimum Gasteiger partial charge on any atom is -0.341 e. The van der Waals surface area contributed by atoms with Crippen LogP contribution in [0.4, 0.5) is 4.79 Å². The molecule has 1 aromatic rings. The Bertz CT molecular complexity index is 600. The number of carbonyl (C=O) groups is 2. The van der Waals surface area contributed by atoms with E-state index >= 15 is 0 Å². The van der Waals surface area contributed by atoms with E-state index in [4.69, 9.17) is 5.73 Å². The van der Waals surface area contributed by atoms with E-state index in [1.54, 1.807) is 0 Å². The largest absolute Gasteiger partial charge is 0.341 e. The quantitative estimate of drug-likeness (QED) is 0.695. The van der Waals surface area contributed by atoms with Crippen molar-refractivity contribution in [3.05, 3.63) is 35.4 Å². The maximum atomic E-state index is 12.8. The predicted octanol–water partition coefficient (Wildman–Crippen LogP) is 2.02. The lowest BCUT2D eigenvalue weighted by molar-refractivity contribution is -0.132. The van der Waals surface area contributed by atoms with Gasteiger partial charge >= 0.3 is 6.03 Å². The van der Waals surface area contributed by atoms with Crippen LogP contribution in [-0.2, 0) is 11.3 Å². The lowest BCUT2D eigenvalue weighted by Gasteiger charge is -2.25. The Morgan fingerprint density at radius 3 is 2.54 bits per heavy atom. The third-order valence-corrected chi connectivity index (χ3v) is 4.82. The maximum absolute atomic E-state index is 12.8. The van der Waals surface area contributed by atoms with Gasteiger partial charge in [-0.3, -0.25) is 4.79 Å². The molecule has 0 radical (unpaired) electrons. The molecule has 2 rings (SSSR count). The number of benzene rings is 1. The fourth-order valence-electron chi connectivity index (χ4n) is 3.24. The Morgan fingerprint density at radius 2 is 1.96 bits per heavy atom. The lowest BCUT2D eigenvalue weighted by Crippen LogP contribution is -2.51. The van der Waals surface area contributed by atoms with Gasteiger partial charge in [-0.05, 0) is 43.7 Å². The van der Waals surface area contributed by atoms with Gasteiger partial charge in [0.05, 0.1) is 0 Å². The Labute approximate surface area is 156 Å². The number of hydrogen-bond donors (Lipinski definition) is 3. The molecule has 0 aromatic heterocycles. The monoisotopic (exact) mass is 360 g/mol. The summed E-state index contributed by atoms with van der Waals surface area (Å²) < 4.78 is 0. The van der Waals surface area contributed by atoms with E-state index in [1.807, 2.05) is 36.1 Å². The van der Waals surface area contributed by atoms with Gasteiger partial charge in [-0.2, -0.15) is 0 Å². The van der Waals surface area contributed by atoms with E-state index in [2.05, 4.69) is 24.5 Å². The number of amides is 3. The van der Waals surface area contributed by atoms with Gasteiger partial charge in [0.25, 0.3) is 0 Å². The zero-order valence-corrected chi connectivity index (χ0v) is 16.1. The van der Waals surface area contributed by atoms with E-state index in [0.29, 0.717) is 37.9 Å². The average Bonchev–Trinajstić information content (AvgIpc) is 3.09. The van der Waals surface area contributed by atoms with Crippen molar-refractivity contribution in [2.75, 3.05) is 19.6 Å². The first-order valence-electron chi connectivity index (χ1n) is 9.47. The highest BCUT2D eigenvalue weighted by Gasteiger charge is 2.31. The van der Waals surface area contributed by atoms with Crippen LogP contribution in [0.3, 0.4) is 0 Å². The molecule has 144 valence electrons. The van der Waals surface area contributed by atoms with Crippen molar-refractivity contribution in [1.29, 1.82) is 0 Å². The molecule has 1 saturated heterocycles. The zero-order valence-electron chi connectivity index (χ0n) is 16.1. The smallest absolute Gasteiger partial charge is 0.315 e. The summed E-state index contributed by atoms with van der Waals surface area (Å²) in [5.74, 6) is 0.684. The fourth-order valence-corrected chi connectivity index (χ4v) is 3.24. The molecule has 6 heteroatoms. The first-order valence-corrected chi connectivity index (χ1v) is 9.47. The number of carbonyl (C=O) groups excluding carboxylic acids is 2. The molecular formula is C20H32N4O2. The summed E-state index contributed by atoms with van der Waals surface area (Å²) in [4.78, 5) is 27.0. The number of nitrogens with two attached hydrogens (primary N) is 1. The van der Waals surface area contributed by atoms with Crippen molar-refractivity contribution in [2.45, 2.75) is 46.2 Å². The first kappa shape index (κ1) is 20.2. The first-order chi connectivity index (χ1) is 12.4. The van der Waals surface area contributed by atoms with Crippen LogP contribution < -0.4 is 16.4 Å². The van der Waals surface area contributed by atoms with Gasteiger partial charge in [-0.25, -0.2) is 4.79 Å². The molecule has 0 bridgehead atoms. The molecule has 1 aliphatic rings. The van der Waals surface area contributed by atoms with Crippen LogP contribution >= 0.6 is 0 Å². The molecule has 0 saturated carbocycles. The van der Waals surface area contributed by atoms with Crippen LogP contribution in [0.1, 0.15) is 37.8 Å². The summed E-state index contributed by atoms with van der Waals surface area (Å²) in [6.45, 7) is 8.59. The topological polar surface area (TPSA) is 87.5 Å². The van der Waals surface area contributed by atoms with Crippen LogP contribution in [0.5, 0.6) is 0 Å². The predicted molar refractivity (Wildman–Crippen MR) is 104 cm³/mol. The molecular weight excluding hydrogens is 328 g/mol. The van der Waals surface area contributed by atoms with Gasteiger partial charge in [0, 0.05) is 19.6 Å². The third-order valence-electron chi connectivity index (χ3n) is 4.82. The Balaban J connectivity index is 1.90. The van der Waals surface area contributed by atoms with Gasteiger partial charge in [0.15, 0.2) is 0 Å². The highest BCUT2D eigenvalue weighted by molar-refractivity contribution is 5.87. The van der Waals surface area contributed by atoms with Crippen LogP contribution in [-0.4, -0.2) is 42.5 Å². The van der Waals surface area contributed by atoms with E-state index in [9.17, 15) is 9.59 Å². The van der Waals surface area contributed by atoms with Gasteiger partial charge in [0.1, 0.15) is 6.04 Å². The molecule has 4 N–H and O–H groups in total. The fraction of sp³-hybridized carbons (Fsp3) is 0.600. The third kappa shape index (κ3) is 6.02. The summed E-state index contributed by atoms with van der Waals surface area (Å²) >= 11 is 0. The molecule has 6 nitrogen and oxygen atoms in total. The molecule has 26 heavy (non-hydrogen) atoms. The minimum absolute atomic E-state index is 0.000126. The van der Waals surface area contributed by atoms with Crippen molar-refractivity contribution >= 4 is 11.9 Å².